The van der Waals surface area contributed by atoms with Crippen molar-refractivity contribution in [1.29, 1.82) is 0 Å². The molecule has 0 radical (unpaired) electrons. The first-order valence-corrected chi connectivity index (χ1v) is 9.92. The van der Waals surface area contributed by atoms with Crippen LogP contribution < -0.4 is 5.32 Å². The van der Waals surface area contributed by atoms with Gasteiger partial charge in [-0.2, -0.15) is 4.31 Å². The van der Waals surface area contributed by atoms with Crippen molar-refractivity contribution in [2.75, 3.05) is 19.7 Å². The van der Waals surface area contributed by atoms with Crippen molar-refractivity contribution in [2.45, 2.75) is 37.3 Å². The van der Waals surface area contributed by atoms with Gasteiger partial charge in [0, 0.05) is 19.5 Å². The fraction of sp³-hybridized carbons (Fsp3) is 0.444. The molecule has 1 aliphatic rings. The number of sulfonamides is 1. The van der Waals surface area contributed by atoms with E-state index in [-0.39, 0.29) is 24.4 Å². The summed E-state index contributed by atoms with van der Waals surface area (Å²) in [5, 5.41) is 12.4. The van der Waals surface area contributed by atoms with E-state index in [0.717, 1.165) is 15.4 Å². The lowest BCUT2D eigenvalue weighted by Gasteiger charge is -2.22. The van der Waals surface area contributed by atoms with Gasteiger partial charge in [0.15, 0.2) is 6.61 Å². The van der Waals surface area contributed by atoms with Crippen molar-refractivity contribution < 1.29 is 27.9 Å². The Kier molecular flexibility index (Phi) is 6.74. The number of aryl methyl sites for hydroxylation is 2. The number of hydrogen-bond acceptors (Lipinski definition) is 6. The van der Waals surface area contributed by atoms with Crippen molar-refractivity contribution in [1.82, 2.24) is 9.62 Å². The SMILES string of the molecule is C=CCNC(=O)COC(=O)C1CC(O)CN1S(=O)(=O)c1ccc(C)c(C)c1. The number of aliphatic hydroxyl groups is 1. The van der Waals surface area contributed by atoms with Crippen LogP contribution in [0.4, 0.5) is 0 Å². The fourth-order valence-corrected chi connectivity index (χ4v) is 4.46. The Hall–Kier alpha value is -2.23. The minimum Gasteiger partial charge on any atom is -0.454 e. The quantitative estimate of drug-likeness (QED) is 0.505. The Bertz CT molecular complexity index is 836. The first-order valence-electron chi connectivity index (χ1n) is 8.48. The molecule has 1 aliphatic heterocycles. The van der Waals surface area contributed by atoms with Crippen LogP contribution in [0.3, 0.4) is 0 Å². The monoisotopic (exact) mass is 396 g/mol. The number of amides is 1. The van der Waals surface area contributed by atoms with Gasteiger partial charge >= 0.3 is 5.97 Å². The highest BCUT2D eigenvalue weighted by atomic mass is 32.2. The molecule has 1 aromatic rings. The summed E-state index contributed by atoms with van der Waals surface area (Å²) in [6.07, 6.45) is 0.403. The van der Waals surface area contributed by atoms with Gasteiger partial charge < -0.3 is 15.2 Å². The summed E-state index contributed by atoms with van der Waals surface area (Å²) in [5.74, 6) is -1.39. The molecule has 0 aliphatic carbocycles. The average Bonchev–Trinajstić information content (AvgIpc) is 3.02. The van der Waals surface area contributed by atoms with E-state index in [0.29, 0.717) is 0 Å². The highest BCUT2D eigenvalue weighted by Crippen LogP contribution is 2.28. The molecule has 9 heteroatoms. The molecule has 1 saturated heterocycles. The smallest absolute Gasteiger partial charge is 0.325 e. The molecule has 1 heterocycles. The topological polar surface area (TPSA) is 113 Å². The van der Waals surface area contributed by atoms with Gasteiger partial charge in [0.05, 0.1) is 11.0 Å². The number of aliphatic hydroxyl groups excluding tert-OH is 1. The molecule has 8 nitrogen and oxygen atoms in total. The van der Waals surface area contributed by atoms with E-state index in [1.165, 1.54) is 18.2 Å². The number of nitrogens with zero attached hydrogens (tertiary/aromatic N) is 1. The average molecular weight is 396 g/mol. The number of benzene rings is 1. The van der Waals surface area contributed by atoms with Crippen LogP contribution in [0.1, 0.15) is 17.5 Å². The lowest BCUT2D eigenvalue weighted by atomic mass is 10.1. The molecular formula is C18H24N2O6S. The predicted octanol–water partition coefficient (Wildman–Crippen LogP) is 0.273. The minimum atomic E-state index is -4.00. The number of rotatable bonds is 7. The first kappa shape index (κ1) is 21.1. The standard InChI is InChI=1S/C18H24N2O6S/c1-4-7-19-17(22)11-26-18(23)16-9-14(21)10-20(16)27(24,25)15-6-5-12(2)13(3)8-15/h4-6,8,14,16,21H,1,7,9-11H2,2-3H3,(H,19,22). The zero-order valence-electron chi connectivity index (χ0n) is 15.3. The van der Waals surface area contributed by atoms with Crippen molar-refractivity contribution in [3.8, 4) is 0 Å². The molecular weight excluding hydrogens is 372 g/mol. The number of hydrogen-bond donors (Lipinski definition) is 2. The third kappa shape index (κ3) is 4.94. The van der Waals surface area contributed by atoms with Gasteiger partial charge in [-0.1, -0.05) is 12.1 Å². The van der Waals surface area contributed by atoms with Crippen LogP contribution in [0.25, 0.3) is 0 Å². The second kappa shape index (κ2) is 8.64. The van der Waals surface area contributed by atoms with Crippen molar-refractivity contribution in [3.05, 3.63) is 42.0 Å². The van der Waals surface area contributed by atoms with E-state index in [1.807, 2.05) is 6.92 Å². The third-order valence-electron chi connectivity index (χ3n) is 4.38. The highest BCUT2D eigenvalue weighted by Gasteiger charge is 2.44. The van der Waals surface area contributed by atoms with Crippen LogP contribution in [0.5, 0.6) is 0 Å². The van der Waals surface area contributed by atoms with Crippen LogP contribution in [0.15, 0.2) is 35.7 Å². The van der Waals surface area contributed by atoms with Crippen LogP contribution in [-0.4, -0.2) is 61.5 Å². The Morgan fingerprint density at radius 1 is 1.37 bits per heavy atom. The van der Waals surface area contributed by atoms with Crippen LogP contribution in [-0.2, 0) is 24.3 Å². The number of esters is 1. The molecule has 2 N–H and O–H groups in total. The zero-order valence-corrected chi connectivity index (χ0v) is 16.2. The molecule has 0 bridgehead atoms. The molecule has 0 spiro atoms. The van der Waals surface area contributed by atoms with Crippen LogP contribution >= 0.6 is 0 Å². The van der Waals surface area contributed by atoms with Crippen molar-refractivity contribution in [2.24, 2.45) is 0 Å². The molecule has 2 rings (SSSR count). The largest absolute Gasteiger partial charge is 0.454 e. The lowest BCUT2D eigenvalue weighted by Crippen LogP contribution is -2.42. The number of carbonyl (C=O) groups is 2. The Labute approximate surface area is 158 Å². The molecule has 148 valence electrons. The molecule has 1 amide bonds. The third-order valence-corrected chi connectivity index (χ3v) is 6.25. The number of nitrogens with one attached hydrogen (secondary N) is 1. The van der Waals surface area contributed by atoms with E-state index < -0.39 is 40.7 Å². The number of carbonyl (C=O) groups excluding carboxylic acids is 2. The Morgan fingerprint density at radius 2 is 2.07 bits per heavy atom. The number of ether oxygens (including phenoxy) is 1. The molecule has 2 unspecified atom stereocenters. The van der Waals surface area contributed by atoms with E-state index in [1.54, 1.807) is 13.0 Å². The summed E-state index contributed by atoms with van der Waals surface area (Å²) < 4.78 is 31.8. The van der Waals surface area contributed by atoms with Gasteiger partial charge in [0.25, 0.3) is 5.91 Å². The molecule has 2 atom stereocenters. The predicted molar refractivity (Wildman–Crippen MR) is 98.4 cm³/mol. The van der Waals surface area contributed by atoms with E-state index in [9.17, 15) is 23.1 Å². The molecule has 27 heavy (non-hydrogen) atoms. The van der Waals surface area contributed by atoms with Crippen molar-refractivity contribution >= 4 is 21.9 Å². The second-order valence-corrected chi connectivity index (χ2v) is 8.32. The maximum Gasteiger partial charge on any atom is 0.325 e. The molecule has 0 aromatic heterocycles. The summed E-state index contributed by atoms with van der Waals surface area (Å²) in [5.41, 5.74) is 1.74. The summed E-state index contributed by atoms with van der Waals surface area (Å²) >= 11 is 0. The van der Waals surface area contributed by atoms with E-state index in [4.69, 9.17) is 4.74 Å². The van der Waals surface area contributed by atoms with E-state index in [2.05, 4.69) is 11.9 Å². The maximum atomic E-state index is 13.0. The highest BCUT2D eigenvalue weighted by molar-refractivity contribution is 7.89. The minimum absolute atomic E-state index is 0.0428. The van der Waals surface area contributed by atoms with Gasteiger partial charge in [-0.05, 0) is 37.1 Å². The summed E-state index contributed by atoms with van der Waals surface area (Å²) in [6, 6.07) is 3.50. The van der Waals surface area contributed by atoms with Gasteiger partial charge in [-0.15, -0.1) is 6.58 Å². The van der Waals surface area contributed by atoms with Crippen LogP contribution in [0.2, 0.25) is 0 Å². The van der Waals surface area contributed by atoms with Gasteiger partial charge in [-0.3, -0.25) is 9.59 Å². The number of β-amino-alcohol motifs (C(OH)–C–C–N with tert-alkyl or cyclic N) is 1. The Balaban J connectivity index is 2.16. The normalized spacial score (nSPS) is 20.3. The van der Waals surface area contributed by atoms with Crippen LogP contribution in [0, 0.1) is 13.8 Å². The molecule has 1 aromatic carbocycles. The molecule has 1 fully saturated rings. The second-order valence-electron chi connectivity index (χ2n) is 6.43. The maximum absolute atomic E-state index is 13.0. The fourth-order valence-electron chi connectivity index (χ4n) is 2.74. The summed E-state index contributed by atoms with van der Waals surface area (Å²) in [6.45, 7) is 6.60. The summed E-state index contributed by atoms with van der Waals surface area (Å²) in [4.78, 5) is 23.9. The Morgan fingerprint density at radius 3 is 2.70 bits per heavy atom. The van der Waals surface area contributed by atoms with Crippen molar-refractivity contribution in [3.63, 3.8) is 0 Å². The van der Waals surface area contributed by atoms with Gasteiger partial charge in [-0.25, -0.2) is 8.42 Å². The van der Waals surface area contributed by atoms with E-state index >= 15 is 0 Å². The van der Waals surface area contributed by atoms with Gasteiger partial charge in [0.1, 0.15) is 6.04 Å². The van der Waals surface area contributed by atoms with Gasteiger partial charge in [0.2, 0.25) is 10.0 Å². The molecule has 0 saturated carbocycles. The lowest BCUT2D eigenvalue weighted by molar-refractivity contribution is -0.151. The summed E-state index contributed by atoms with van der Waals surface area (Å²) in [7, 11) is -4.00. The first-order chi connectivity index (χ1) is 12.7. The zero-order chi connectivity index (χ0) is 20.2.